The van der Waals surface area contributed by atoms with Crippen molar-refractivity contribution in [3.63, 3.8) is 0 Å². The molecule has 0 saturated carbocycles. The summed E-state index contributed by atoms with van der Waals surface area (Å²) in [6, 6.07) is 0. The smallest absolute Gasteiger partial charge is 0.294 e. The average Bonchev–Trinajstić information content (AvgIpc) is 1.65. The van der Waals surface area contributed by atoms with Crippen molar-refractivity contribution in [1.29, 1.82) is 0 Å². The van der Waals surface area contributed by atoms with Crippen molar-refractivity contribution in [2.45, 2.75) is 6.43 Å². The van der Waals surface area contributed by atoms with Gasteiger partial charge in [0.25, 0.3) is 0 Å². The third-order valence-corrected chi connectivity index (χ3v) is 0.268. The lowest BCUT2D eigenvalue weighted by Gasteiger charge is -1.88. The predicted molar refractivity (Wildman–Crippen MR) is 14.7 cm³/mol. The van der Waals surface area contributed by atoms with Gasteiger partial charge in [-0.25, -0.2) is 4.79 Å². The van der Waals surface area contributed by atoms with Crippen LogP contribution < -0.4 is 0 Å². The molecule has 0 amide bonds. The number of carbonyl (C=O) groups excluding carboxylic acids is 1. The zero-order valence-corrected chi connectivity index (χ0v) is 3.10. The van der Waals surface area contributed by atoms with E-state index in [4.69, 9.17) is 5.26 Å². The monoisotopic (exact) mass is 112 g/mol. The molecule has 0 bridgehead atoms. The molecule has 0 unspecified atom stereocenters. The Bertz CT molecular complexity index is 71.3. The highest BCUT2D eigenvalue weighted by Gasteiger charge is 2.15. The van der Waals surface area contributed by atoms with Crippen molar-refractivity contribution in [3.8, 4) is 0 Å². The lowest BCUT2D eigenvalue weighted by atomic mass is 10.7. The maximum Gasteiger partial charge on any atom is 0.407 e. The van der Waals surface area contributed by atoms with Crippen LogP contribution in [-0.4, -0.2) is 17.7 Å². The Kier molecular flexibility index (Phi) is 2.21. The van der Waals surface area contributed by atoms with E-state index in [1.807, 2.05) is 0 Å². The number of carbonyl (C=O) groups is 1. The lowest BCUT2D eigenvalue weighted by molar-refractivity contribution is -0.244. The molecule has 0 aliphatic rings. The van der Waals surface area contributed by atoms with E-state index in [9.17, 15) is 13.6 Å². The molecule has 0 aromatic rings. The first-order valence-electron chi connectivity index (χ1n) is 1.32. The highest BCUT2D eigenvalue weighted by molar-refractivity contribution is 5.71. The fourth-order valence-corrected chi connectivity index (χ4v) is 0.0398. The average molecular weight is 112 g/mol. The first kappa shape index (κ1) is 6.29. The summed E-state index contributed by atoms with van der Waals surface area (Å²) < 4.78 is 21.6. The third-order valence-electron chi connectivity index (χ3n) is 0.268. The Morgan fingerprint density at radius 1 is 1.71 bits per heavy atom. The van der Waals surface area contributed by atoms with E-state index >= 15 is 0 Å². The van der Waals surface area contributed by atoms with Crippen LogP contribution >= 0.6 is 0 Å². The van der Waals surface area contributed by atoms with Crippen molar-refractivity contribution in [1.82, 2.24) is 0 Å². The number of hydrogen-bond acceptors (Lipinski definition) is 3. The molecule has 1 N–H and O–H groups in total. The summed E-state index contributed by atoms with van der Waals surface area (Å²) in [6.45, 7) is 0. The maximum absolute atomic E-state index is 10.8. The Morgan fingerprint density at radius 3 is 2.14 bits per heavy atom. The summed E-state index contributed by atoms with van der Waals surface area (Å²) in [5.74, 6) is -1.93. The van der Waals surface area contributed by atoms with E-state index in [2.05, 4.69) is 4.89 Å². The summed E-state index contributed by atoms with van der Waals surface area (Å²) in [4.78, 5) is 11.9. The van der Waals surface area contributed by atoms with Gasteiger partial charge in [-0.3, -0.25) is 4.89 Å². The summed E-state index contributed by atoms with van der Waals surface area (Å²) in [6.07, 6.45) is -3.25. The minimum atomic E-state index is -3.25. The molecule has 0 saturated heterocycles. The van der Waals surface area contributed by atoms with Gasteiger partial charge in [-0.2, -0.15) is 14.0 Å². The lowest BCUT2D eigenvalue weighted by Crippen LogP contribution is -2.11. The zero-order valence-electron chi connectivity index (χ0n) is 3.10. The molecule has 7 heavy (non-hydrogen) atoms. The highest BCUT2D eigenvalue weighted by Crippen LogP contribution is 1.91. The fourth-order valence-electron chi connectivity index (χ4n) is 0.0398. The van der Waals surface area contributed by atoms with Gasteiger partial charge in [-0.1, -0.05) is 0 Å². The van der Waals surface area contributed by atoms with Gasteiger partial charge < -0.3 is 0 Å². The minimum Gasteiger partial charge on any atom is -0.294 e. The molecule has 3 nitrogen and oxygen atoms in total. The van der Waals surface area contributed by atoms with Crippen LogP contribution in [0.2, 0.25) is 0 Å². The minimum absolute atomic E-state index is 1.93. The van der Waals surface area contributed by atoms with Gasteiger partial charge in [-0.15, -0.1) is 0 Å². The molecule has 0 aliphatic heterocycles. The Balaban J connectivity index is 3.35. The van der Waals surface area contributed by atoms with Crippen molar-refractivity contribution < 1.29 is 23.7 Å². The summed E-state index contributed by atoms with van der Waals surface area (Å²) >= 11 is 0. The van der Waals surface area contributed by atoms with E-state index in [1.165, 1.54) is 0 Å². The van der Waals surface area contributed by atoms with E-state index in [1.54, 1.807) is 0 Å². The molecule has 5 heteroatoms. The van der Waals surface area contributed by atoms with Crippen molar-refractivity contribution in [3.05, 3.63) is 0 Å². The molecule has 0 aromatic carbocycles. The fraction of sp³-hybridized carbons (Fsp3) is 0.500. The van der Waals surface area contributed by atoms with Crippen molar-refractivity contribution >= 4 is 5.97 Å². The zero-order chi connectivity index (χ0) is 5.86. The van der Waals surface area contributed by atoms with Crippen LogP contribution in [-0.2, 0) is 9.68 Å². The van der Waals surface area contributed by atoms with E-state index in [0.29, 0.717) is 0 Å². The van der Waals surface area contributed by atoms with Gasteiger partial charge in [0.05, 0.1) is 0 Å². The summed E-state index contributed by atoms with van der Waals surface area (Å²) in [5.41, 5.74) is 0. The second kappa shape index (κ2) is 2.46. The summed E-state index contributed by atoms with van der Waals surface area (Å²) in [5, 5.41) is 7.18. The van der Waals surface area contributed by atoms with Crippen LogP contribution in [0.3, 0.4) is 0 Å². The van der Waals surface area contributed by atoms with Gasteiger partial charge in [-0.05, 0) is 0 Å². The Hall–Kier alpha value is -0.710. The molecule has 0 aliphatic carbocycles. The van der Waals surface area contributed by atoms with Crippen molar-refractivity contribution in [2.75, 3.05) is 0 Å². The van der Waals surface area contributed by atoms with Crippen LogP contribution in [0.25, 0.3) is 0 Å². The van der Waals surface area contributed by atoms with Gasteiger partial charge in [0.1, 0.15) is 0 Å². The largest absolute Gasteiger partial charge is 0.407 e. The normalized spacial score (nSPS) is 9.14. The second-order valence-electron chi connectivity index (χ2n) is 0.711. The predicted octanol–water partition coefficient (Wildman–Crippen LogP) is 0.268. The van der Waals surface area contributed by atoms with Crippen molar-refractivity contribution in [2.24, 2.45) is 0 Å². The van der Waals surface area contributed by atoms with E-state index in [0.717, 1.165) is 0 Å². The van der Waals surface area contributed by atoms with Gasteiger partial charge in [0, 0.05) is 0 Å². The maximum atomic E-state index is 10.8. The Labute approximate surface area is 37.4 Å². The first-order valence-corrected chi connectivity index (χ1v) is 1.32. The molecular formula is C2H2F2O3. The van der Waals surface area contributed by atoms with E-state index in [-0.39, 0.29) is 0 Å². The molecular weight excluding hydrogens is 110 g/mol. The van der Waals surface area contributed by atoms with Crippen LogP contribution in [0, 0.1) is 0 Å². The van der Waals surface area contributed by atoms with Gasteiger partial charge in [0.15, 0.2) is 0 Å². The number of rotatable bonds is 1. The quantitative estimate of drug-likeness (QED) is 0.391. The molecule has 0 atom stereocenters. The van der Waals surface area contributed by atoms with Crippen LogP contribution in [0.15, 0.2) is 0 Å². The van der Waals surface area contributed by atoms with Gasteiger partial charge >= 0.3 is 12.4 Å². The molecule has 42 valence electrons. The third kappa shape index (κ3) is 2.05. The summed E-state index contributed by atoms with van der Waals surface area (Å²) in [7, 11) is 0. The number of halogens is 2. The second-order valence-corrected chi connectivity index (χ2v) is 0.711. The van der Waals surface area contributed by atoms with E-state index < -0.39 is 12.4 Å². The molecule has 0 rings (SSSR count). The SMILES string of the molecule is O=C(OO)C(F)F. The Morgan fingerprint density at radius 2 is 2.14 bits per heavy atom. The topological polar surface area (TPSA) is 46.5 Å². The van der Waals surface area contributed by atoms with Crippen LogP contribution in [0.1, 0.15) is 0 Å². The standard InChI is InChI=1S/C2H2F2O3/c3-1(4)2(5)7-6/h1,6H. The molecule has 0 spiro atoms. The molecule has 0 heterocycles. The molecule has 0 aromatic heterocycles. The first-order chi connectivity index (χ1) is 3.18. The molecule has 0 radical (unpaired) electrons. The van der Waals surface area contributed by atoms with Crippen LogP contribution in [0.5, 0.6) is 0 Å². The number of hydrogen-bond donors (Lipinski definition) is 1. The molecule has 0 fully saturated rings. The van der Waals surface area contributed by atoms with Gasteiger partial charge in [0.2, 0.25) is 0 Å². The number of alkyl halides is 2. The highest BCUT2D eigenvalue weighted by atomic mass is 19.3. The van der Waals surface area contributed by atoms with Crippen LogP contribution in [0.4, 0.5) is 8.78 Å².